The zero-order valence-electron chi connectivity index (χ0n) is 11.4. The van der Waals surface area contributed by atoms with Gasteiger partial charge < -0.3 is 5.32 Å². The van der Waals surface area contributed by atoms with Crippen LogP contribution in [0.5, 0.6) is 0 Å². The number of hydrogen-bond donors (Lipinski definition) is 1. The van der Waals surface area contributed by atoms with Crippen LogP contribution in [-0.4, -0.2) is 11.6 Å². The second-order valence-corrected chi connectivity index (χ2v) is 6.30. The lowest BCUT2D eigenvalue weighted by molar-refractivity contribution is 0.265. The highest BCUT2D eigenvalue weighted by molar-refractivity contribution is 5.22. The molecule has 0 saturated heterocycles. The van der Waals surface area contributed by atoms with Gasteiger partial charge in [0, 0.05) is 11.6 Å². The first-order valence-corrected chi connectivity index (χ1v) is 6.89. The number of nitrogens with one attached hydrogen (secondary N) is 1. The smallest absolute Gasteiger partial charge is 0.0141 e. The molecule has 17 heavy (non-hydrogen) atoms. The van der Waals surface area contributed by atoms with Gasteiger partial charge in [-0.15, -0.1) is 0 Å². The molecule has 1 fully saturated rings. The predicted octanol–water partition coefficient (Wildman–Crippen LogP) is 4.10. The van der Waals surface area contributed by atoms with Gasteiger partial charge in [-0.05, 0) is 45.1 Å². The van der Waals surface area contributed by atoms with Crippen LogP contribution in [-0.2, 0) is 0 Å². The largest absolute Gasteiger partial charge is 0.309 e. The molecule has 0 radical (unpaired) electrons. The molecule has 1 saturated carbocycles. The molecule has 0 amide bonds. The van der Waals surface area contributed by atoms with E-state index in [0.717, 1.165) is 0 Å². The van der Waals surface area contributed by atoms with E-state index in [1.165, 1.54) is 31.2 Å². The van der Waals surface area contributed by atoms with Crippen LogP contribution in [0.4, 0.5) is 0 Å². The van der Waals surface area contributed by atoms with Crippen molar-refractivity contribution < 1.29 is 0 Å². The monoisotopic (exact) mass is 231 g/mol. The van der Waals surface area contributed by atoms with Crippen molar-refractivity contribution in [3.63, 3.8) is 0 Å². The first kappa shape index (κ1) is 12.6. The van der Waals surface area contributed by atoms with E-state index in [2.05, 4.69) is 56.4 Å². The molecule has 94 valence electrons. The van der Waals surface area contributed by atoms with Gasteiger partial charge in [0.05, 0.1) is 0 Å². The fraction of sp³-hybridized carbons (Fsp3) is 0.625. The van der Waals surface area contributed by atoms with E-state index in [4.69, 9.17) is 0 Å². The van der Waals surface area contributed by atoms with Crippen molar-refractivity contribution in [2.24, 2.45) is 0 Å². The molecule has 0 aromatic heterocycles. The summed E-state index contributed by atoms with van der Waals surface area (Å²) in [5.41, 5.74) is 1.73. The summed E-state index contributed by atoms with van der Waals surface area (Å²) in [6, 6.07) is 11.7. The molecule has 1 nitrogen and oxygen atoms in total. The molecule has 1 aromatic rings. The lowest BCUT2D eigenvalue weighted by Gasteiger charge is -2.37. The molecule has 0 bridgehead atoms. The van der Waals surface area contributed by atoms with E-state index < -0.39 is 0 Å². The van der Waals surface area contributed by atoms with Gasteiger partial charge in [0.15, 0.2) is 0 Å². The lowest BCUT2D eigenvalue weighted by Crippen LogP contribution is -2.47. The topological polar surface area (TPSA) is 12.0 Å². The summed E-state index contributed by atoms with van der Waals surface area (Å²) in [6.07, 6.45) is 5.40. The molecule has 0 unspecified atom stereocenters. The predicted molar refractivity (Wildman–Crippen MR) is 74.3 cm³/mol. The standard InChI is InChI=1S/C16H25N/c1-16(2,3)17-15-12-8-7-11-14(15)13-9-5-4-6-10-13/h4-6,9-10,14-15,17H,7-8,11-12H2,1-3H3/t14-,15-/m1/s1. The highest BCUT2D eigenvalue weighted by Crippen LogP contribution is 2.33. The summed E-state index contributed by atoms with van der Waals surface area (Å²) in [5.74, 6) is 0.698. The third kappa shape index (κ3) is 3.57. The van der Waals surface area contributed by atoms with E-state index >= 15 is 0 Å². The Hall–Kier alpha value is -0.820. The molecule has 2 atom stereocenters. The maximum Gasteiger partial charge on any atom is 0.0141 e. The minimum atomic E-state index is 0.217. The third-order valence-corrected chi connectivity index (χ3v) is 3.61. The molecule has 1 aliphatic rings. The number of benzene rings is 1. The van der Waals surface area contributed by atoms with Crippen LogP contribution in [0.2, 0.25) is 0 Å². The second-order valence-electron chi connectivity index (χ2n) is 6.30. The molecule has 1 aromatic carbocycles. The Morgan fingerprint density at radius 1 is 1.00 bits per heavy atom. The molecule has 2 rings (SSSR count). The maximum atomic E-state index is 3.81. The van der Waals surface area contributed by atoms with Crippen molar-refractivity contribution in [2.45, 2.75) is 64.0 Å². The third-order valence-electron chi connectivity index (χ3n) is 3.61. The van der Waals surface area contributed by atoms with E-state index in [1.54, 1.807) is 0 Å². The Morgan fingerprint density at radius 3 is 2.29 bits per heavy atom. The normalized spacial score (nSPS) is 25.8. The second kappa shape index (κ2) is 5.22. The minimum Gasteiger partial charge on any atom is -0.309 e. The average molecular weight is 231 g/mol. The number of rotatable bonds is 2. The Bertz CT molecular complexity index is 336. The van der Waals surface area contributed by atoms with E-state index in [0.29, 0.717) is 12.0 Å². The lowest BCUT2D eigenvalue weighted by atomic mass is 9.79. The Morgan fingerprint density at radius 2 is 1.65 bits per heavy atom. The molecule has 1 N–H and O–H groups in total. The van der Waals surface area contributed by atoms with Gasteiger partial charge in [-0.2, -0.15) is 0 Å². The quantitative estimate of drug-likeness (QED) is 0.808. The molecular weight excluding hydrogens is 206 g/mol. The Balaban J connectivity index is 2.13. The van der Waals surface area contributed by atoms with Crippen LogP contribution < -0.4 is 5.32 Å². The molecule has 0 heterocycles. The van der Waals surface area contributed by atoms with Crippen molar-refractivity contribution in [3.8, 4) is 0 Å². The van der Waals surface area contributed by atoms with Crippen LogP contribution in [0, 0.1) is 0 Å². The summed E-state index contributed by atoms with van der Waals surface area (Å²) in [7, 11) is 0. The van der Waals surface area contributed by atoms with Crippen LogP contribution >= 0.6 is 0 Å². The van der Waals surface area contributed by atoms with E-state index in [1.807, 2.05) is 0 Å². The van der Waals surface area contributed by atoms with Crippen molar-refractivity contribution in [1.29, 1.82) is 0 Å². The van der Waals surface area contributed by atoms with Gasteiger partial charge in [0.2, 0.25) is 0 Å². The van der Waals surface area contributed by atoms with Crippen molar-refractivity contribution in [1.82, 2.24) is 5.32 Å². The summed E-state index contributed by atoms with van der Waals surface area (Å²) < 4.78 is 0. The molecule has 1 heteroatoms. The Kier molecular flexibility index (Phi) is 3.88. The van der Waals surface area contributed by atoms with Crippen LogP contribution in [0.1, 0.15) is 57.9 Å². The van der Waals surface area contributed by atoms with Crippen LogP contribution in [0.25, 0.3) is 0 Å². The van der Waals surface area contributed by atoms with Crippen molar-refractivity contribution in [2.75, 3.05) is 0 Å². The maximum absolute atomic E-state index is 3.81. The molecule has 0 spiro atoms. The summed E-state index contributed by atoms with van der Waals surface area (Å²) in [6.45, 7) is 6.80. The fourth-order valence-electron chi connectivity index (χ4n) is 2.96. The fourth-order valence-corrected chi connectivity index (χ4v) is 2.96. The van der Waals surface area contributed by atoms with Crippen LogP contribution in [0.3, 0.4) is 0 Å². The SMILES string of the molecule is CC(C)(C)N[C@@H]1CCCC[C@@H]1c1ccccc1. The minimum absolute atomic E-state index is 0.217. The first-order chi connectivity index (χ1) is 8.06. The zero-order chi connectivity index (χ0) is 12.3. The van der Waals surface area contributed by atoms with Gasteiger partial charge in [0.1, 0.15) is 0 Å². The first-order valence-electron chi connectivity index (χ1n) is 6.89. The Labute approximate surface area is 106 Å². The van der Waals surface area contributed by atoms with Crippen molar-refractivity contribution in [3.05, 3.63) is 35.9 Å². The van der Waals surface area contributed by atoms with Gasteiger partial charge in [-0.25, -0.2) is 0 Å². The average Bonchev–Trinajstić information content (AvgIpc) is 2.29. The zero-order valence-corrected chi connectivity index (χ0v) is 11.4. The summed E-state index contributed by atoms with van der Waals surface area (Å²) >= 11 is 0. The highest BCUT2D eigenvalue weighted by atomic mass is 15.0. The number of hydrogen-bond acceptors (Lipinski definition) is 1. The van der Waals surface area contributed by atoms with Crippen LogP contribution in [0.15, 0.2) is 30.3 Å². The van der Waals surface area contributed by atoms with Crippen molar-refractivity contribution >= 4 is 0 Å². The molecular formula is C16H25N. The molecule has 0 aliphatic heterocycles. The van der Waals surface area contributed by atoms with E-state index in [-0.39, 0.29) is 5.54 Å². The van der Waals surface area contributed by atoms with Gasteiger partial charge in [-0.1, -0.05) is 43.2 Å². The van der Waals surface area contributed by atoms with E-state index in [9.17, 15) is 0 Å². The summed E-state index contributed by atoms with van der Waals surface area (Å²) in [4.78, 5) is 0. The summed E-state index contributed by atoms with van der Waals surface area (Å²) in [5, 5.41) is 3.81. The van der Waals surface area contributed by atoms with Gasteiger partial charge in [0.25, 0.3) is 0 Å². The van der Waals surface area contributed by atoms with Gasteiger partial charge in [-0.3, -0.25) is 0 Å². The highest BCUT2D eigenvalue weighted by Gasteiger charge is 2.28. The molecule has 1 aliphatic carbocycles. The van der Waals surface area contributed by atoms with Gasteiger partial charge >= 0.3 is 0 Å².